The van der Waals surface area contributed by atoms with Crippen molar-refractivity contribution in [2.75, 3.05) is 14.1 Å². The smallest absolute Gasteiger partial charge is 0.0902 e. The standard InChI is InChI=1S/C6H12N2/c1-6(2)7-5-8(3)4/h5H,1H2,2-4H3/b7-5-. The van der Waals surface area contributed by atoms with Crippen LogP contribution in [0.5, 0.6) is 0 Å². The molecule has 0 amide bonds. The second-order valence-corrected chi connectivity index (χ2v) is 1.94. The molecule has 0 N–H and O–H groups in total. The summed E-state index contributed by atoms with van der Waals surface area (Å²) in [6, 6.07) is 0. The van der Waals surface area contributed by atoms with E-state index in [0.717, 1.165) is 5.70 Å². The Morgan fingerprint density at radius 3 is 2.25 bits per heavy atom. The van der Waals surface area contributed by atoms with Gasteiger partial charge in [-0.3, -0.25) is 0 Å². The second-order valence-electron chi connectivity index (χ2n) is 1.94. The van der Waals surface area contributed by atoms with Crippen LogP contribution in [0, 0.1) is 0 Å². The summed E-state index contributed by atoms with van der Waals surface area (Å²) in [5.41, 5.74) is 0.832. The summed E-state index contributed by atoms with van der Waals surface area (Å²) in [5.74, 6) is 0. The van der Waals surface area contributed by atoms with Crippen molar-refractivity contribution in [1.29, 1.82) is 0 Å². The molecular weight excluding hydrogens is 100 g/mol. The van der Waals surface area contributed by atoms with Gasteiger partial charge in [0, 0.05) is 19.8 Å². The molecule has 0 aliphatic carbocycles. The average Bonchev–Trinajstić information content (AvgIpc) is 1.61. The summed E-state index contributed by atoms with van der Waals surface area (Å²) in [6.45, 7) is 5.46. The van der Waals surface area contributed by atoms with E-state index in [4.69, 9.17) is 0 Å². The Kier molecular flexibility index (Phi) is 2.92. The molecule has 46 valence electrons. The summed E-state index contributed by atoms with van der Waals surface area (Å²) in [5, 5.41) is 0. The van der Waals surface area contributed by atoms with Crippen LogP contribution < -0.4 is 0 Å². The highest BCUT2D eigenvalue weighted by atomic mass is 15.1. The van der Waals surface area contributed by atoms with Gasteiger partial charge < -0.3 is 4.90 Å². The van der Waals surface area contributed by atoms with Crippen molar-refractivity contribution in [1.82, 2.24) is 4.90 Å². The summed E-state index contributed by atoms with van der Waals surface area (Å²) in [4.78, 5) is 5.80. The first-order valence-corrected chi connectivity index (χ1v) is 2.49. The number of rotatable bonds is 2. The number of hydrogen-bond donors (Lipinski definition) is 0. The van der Waals surface area contributed by atoms with E-state index < -0.39 is 0 Å². The fraction of sp³-hybridized carbons (Fsp3) is 0.500. The first kappa shape index (κ1) is 7.21. The monoisotopic (exact) mass is 112 g/mol. The topological polar surface area (TPSA) is 15.6 Å². The third kappa shape index (κ3) is 5.21. The van der Waals surface area contributed by atoms with Gasteiger partial charge in [0.1, 0.15) is 0 Å². The van der Waals surface area contributed by atoms with Crippen LogP contribution in [0.25, 0.3) is 0 Å². The molecule has 8 heavy (non-hydrogen) atoms. The molecular formula is C6H12N2. The van der Waals surface area contributed by atoms with E-state index >= 15 is 0 Å². The minimum absolute atomic E-state index is 0.832. The molecule has 0 aliphatic rings. The molecule has 0 bridgehead atoms. The van der Waals surface area contributed by atoms with Crippen molar-refractivity contribution < 1.29 is 0 Å². The van der Waals surface area contributed by atoms with Gasteiger partial charge >= 0.3 is 0 Å². The minimum atomic E-state index is 0.832. The molecule has 0 unspecified atom stereocenters. The molecule has 0 aliphatic heterocycles. The van der Waals surface area contributed by atoms with Gasteiger partial charge in [-0.1, -0.05) is 6.58 Å². The van der Waals surface area contributed by atoms with Crippen LogP contribution in [-0.2, 0) is 0 Å². The van der Waals surface area contributed by atoms with Crippen LogP contribution in [0.4, 0.5) is 0 Å². The van der Waals surface area contributed by atoms with Gasteiger partial charge in [-0.15, -0.1) is 0 Å². The summed E-state index contributed by atoms with van der Waals surface area (Å²) >= 11 is 0. The molecule has 0 aromatic carbocycles. The zero-order valence-corrected chi connectivity index (χ0v) is 5.68. The third-order valence-corrected chi connectivity index (χ3v) is 0.509. The lowest BCUT2D eigenvalue weighted by Crippen LogP contribution is -2.07. The maximum Gasteiger partial charge on any atom is 0.0902 e. The lowest BCUT2D eigenvalue weighted by molar-refractivity contribution is 0.642. The molecule has 0 aromatic rings. The van der Waals surface area contributed by atoms with E-state index in [2.05, 4.69) is 11.6 Å². The highest BCUT2D eigenvalue weighted by Crippen LogP contribution is 1.84. The first-order chi connectivity index (χ1) is 3.63. The molecule has 0 rings (SSSR count). The molecule has 0 atom stereocenters. The number of hydrogen-bond acceptors (Lipinski definition) is 1. The van der Waals surface area contributed by atoms with Gasteiger partial charge in [-0.2, -0.15) is 0 Å². The van der Waals surface area contributed by atoms with Crippen LogP contribution in [0.1, 0.15) is 6.92 Å². The lowest BCUT2D eigenvalue weighted by atomic mass is 10.6. The maximum absolute atomic E-state index is 3.93. The zero-order chi connectivity index (χ0) is 6.57. The Bertz CT molecular complexity index is 103. The van der Waals surface area contributed by atoms with E-state index in [1.807, 2.05) is 25.9 Å². The van der Waals surface area contributed by atoms with E-state index in [0.29, 0.717) is 0 Å². The highest BCUT2D eigenvalue weighted by molar-refractivity contribution is 5.55. The molecule has 0 spiro atoms. The van der Waals surface area contributed by atoms with Gasteiger partial charge in [-0.05, 0) is 6.92 Å². The van der Waals surface area contributed by atoms with Crippen LogP contribution in [0.15, 0.2) is 17.3 Å². The fourth-order valence-electron chi connectivity index (χ4n) is 0.214. The Labute approximate surface area is 50.5 Å². The van der Waals surface area contributed by atoms with Crippen LogP contribution >= 0.6 is 0 Å². The van der Waals surface area contributed by atoms with Crippen molar-refractivity contribution in [3.8, 4) is 0 Å². The number of allylic oxidation sites excluding steroid dienone is 1. The maximum atomic E-state index is 3.93. The second kappa shape index (κ2) is 3.24. The largest absolute Gasteiger partial charge is 0.369 e. The molecule has 0 saturated carbocycles. The molecule has 0 fully saturated rings. The van der Waals surface area contributed by atoms with Gasteiger partial charge in [0.2, 0.25) is 0 Å². The molecule has 2 heteroatoms. The fourth-order valence-corrected chi connectivity index (χ4v) is 0.214. The molecule has 0 saturated heterocycles. The molecule has 0 radical (unpaired) electrons. The summed E-state index contributed by atoms with van der Waals surface area (Å²) in [6.07, 6.45) is 1.72. The van der Waals surface area contributed by atoms with Crippen molar-refractivity contribution in [3.63, 3.8) is 0 Å². The van der Waals surface area contributed by atoms with E-state index in [1.165, 1.54) is 0 Å². The van der Waals surface area contributed by atoms with E-state index in [9.17, 15) is 0 Å². The van der Waals surface area contributed by atoms with Crippen LogP contribution in [0.2, 0.25) is 0 Å². The minimum Gasteiger partial charge on any atom is -0.369 e. The molecule has 0 heterocycles. The highest BCUT2D eigenvalue weighted by Gasteiger charge is 1.74. The number of nitrogens with zero attached hydrogens (tertiary/aromatic N) is 2. The van der Waals surface area contributed by atoms with Crippen molar-refractivity contribution in [2.24, 2.45) is 4.99 Å². The predicted molar refractivity (Wildman–Crippen MR) is 37.0 cm³/mol. The SMILES string of the molecule is C=C(C)/N=C\N(C)C. The normalized spacial score (nSPS) is 9.88. The predicted octanol–water partition coefficient (Wildman–Crippen LogP) is 1.11. The van der Waals surface area contributed by atoms with Gasteiger partial charge in [0.25, 0.3) is 0 Å². The Morgan fingerprint density at radius 1 is 1.62 bits per heavy atom. The van der Waals surface area contributed by atoms with E-state index in [1.54, 1.807) is 6.34 Å². The van der Waals surface area contributed by atoms with Crippen molar-refractivity contribution in [3.05, 3.63) is 12.3 Å². The Morgan fingerprint density at radius 2 is 2.12 bits per heavy atom. The van der Waals surface area contributed by atoms with E-state index in [-0.39, 0.29) is 0 Å². The Hall–Kier alpha value is -0.790. The van der Waals surface area contributed by atoms with Gasteiger partial charge in [-0.25, -0.2) is 4.99 Å². The zero-order valence-electron chi connectivity index (χ0n) is 5.68. The van der Waals surface area contributed by atoms with Crippen molar-refractivity contribution in [2.45, 2.75) is 6.92 Å². The van der Waals surface area contributed by atoms with Gasteiger partial charge in [0.15, 0.2) is 0 Å². The first-order valence-electron chi connectivity index (χ1n) is 2.49. The summed E-state index contributed by atoms with van der Waals surface area (Å²) in [7, 11) is 3.85. The number of aliphatic imine (C=N–C) groups is 1. The lowest BCUT2D eigenvalue weighted by Gasteiger charge is -2.00. The summed E-state index contributed by atoms with van der Waals surface area (Å²) < 4.78 is 0. The average molecular weight is 112 g/mol. The third-order valence-electron chi connectivity index (χ3n) is 0.509. The van der Waals surface area contributed by atoms with Crippen LogP contribution in [0.3, 0.4) is 0 Å². The molecule has 0 aromatic heterocycles. The Balaban J connectivity index is 3.50. The quantitative estimate of drug-likeness (QED) is 0.386. The molecule has 2 nitrogen and oxygen atoms in total. The van der Waals surface area contributed by atoms with Crippen LogP contribution in [-0.4, -0.2) is 25.3 Å². The van der Waals surface area contributed by atoms with Crippen molar-refractivity contribution >= 4 is 6.34 Å². The van der Waals surface area contributed by atoms with Gasteiger partial charge in [0.05, 0.1) is 6.34 Å².